The molecule has 1 N–H and O–H groups in total. The van der Waals surface area contributed by atoms with Crippen molar-refractivity contribution in [3.63, 3.8) is 0 Å². The third kappa shape index (κ3) is 2.13. The van der Waals surface area contributed by atoms with Crippen LogP contribution in [0.3, 0.4) is 0 Å². The fourth-order valence-corrected chi connectivity index (χ4v) is 2.43. The second-order valence-corrected chi connectivity index (χ2v) is 4.70. The minimum Gasteiger partial charge on any atom is -0.309 e. The first-order chi connectivity index (χ1) is 8.84. The highest BCUT2D eigenvalue weighted by Gasteiger charge is 2.22. The van der Waals surface area contributed by atoms with Crippen LogP contribution in [-0.2, 0) is 6.54 Å². The number of aryl methyl sites for hydroxylation is 1. The third-order valence-corrected chi connectivity index (χ3v) is 3.40. The molecule has 1 atom stereocenters. The summed E-state index contributed by atoms with van der Waals surface area (Å²) in [6.45, 7) is 3.87. The van der Waals surface area contributed by atoms with Crippen LogP contribution < -0.4 is 5.32 Å². The molecule has 0 radical (unpaired) electrons. The van der Waals surface area contributed by atoms with Crippen molar-refractivity contribution in [1.29, 1.82) is 0 Å². The average Bonchev–Trinajstić information content (AvgIpc) is 3.02. The molecule has 0 aliphatic carbocycles. The first-order valence-electron chi connectivity index (χ1n) is 6.36. The van der Waals surface area contributed by atoms with Gasteiger partial charge in [0, 0.05) is 12.4 Å². The Morgan fingerprint density at radius 2 is 2.39 bits per heavy atom. The molecule has 94 valence electrons. The van der Waals surface area contributed by atoms with E-state index < -0.39 is 0 Å². The first kappa shape index (κ1) is 11.3. The number of hydrogen-bond donors (Lipinski definition) is 1. The molecule has 0 spiro atoms. The fraction of sp³-hybridized carbons (Fsp3) is 0.462. The molecular weight excluding hydrogens is 226 g/mol. The molecule has 2 aromatic rings. The largest absolute Gasteiger partial charge is 0.309 e. The molecule has 3 rings (SSSR count). The molecule has 5 heteroatoms. The van der Waals surface area contributed by atoms with Crippen LogP contribution in [0.4, 0.5) is 0 Å². The zero-order chi connectivity index (χ0) is 12.4. The van der Waals surface area contributed by atoms with Crippen LogP contribution in [0.2, 0.25) is 0 Å². The number of nitrogens with zero attached hydrogens (tertiary/aromatic N) is 4. The van der Waals surface area contributed by atoms with Crippen molar-refractivity contribution in [2.45, 2.75) is 32.4 Å². The molecular formula is C13H17N5. The van der Waals surface area contributed by atoms with E-state index in [-0.39, 0.29) is 0 Å². The van der Waals surface area contributed by atoms with E-state index in [2.05, 4.69) is 31.1 Å². The van der Waals surface area contributed by atoms with Gasteiger partial charge in [-0.3, -0.25) is 4.98 Å². The van der Waals surface area contributed by atoms with Gasteiger partial charge in [0.1, 0.15) is 5.82 Å². The van der Waals surface area contributed by atoms with Crippen LogP contribution in [0, 0.1) is 6.92 Å². The first-order valence-corrected chi connectivity index (χ1v) is 6.36. The Labute approximate surface area is 106 Å². The number of pyridine rings is 1. The van der Waals surface area contributed by atoms with Gasteiger partial charge in [-0.05, 0) is 37.9 Å². The predicted octanol–water partition coefficient (Wildman–Crippen LogP) is 1.45. The molecule has 1 aliphatic heterocycles. The van der Waals surface area contributed by atoms with Gasteiger partial charge in [0.15, 0.2) is 5.82 Å². The van der Waals surface area contributed by atoms with Gasteiger partial charge in [-0.25, -0.2) is 0 Å². The lowest BCUT2D eigenvalue weighted by Gasteiger charge is -2.13. The zero-order valence-corrected chi connectivity index (χ0v) is 10.5. The summed E-state index contributed by atoms with van der Waals surface area (Å²) in [5, 5.41) is 12.0. The topological polar surface area (TPSA) is 55.6 Å². The van der Waals surface area contributed by atoms with Crippen LogP contribution in [0.5, 0.6) is 0 Å². The van der Waals surface area contributed by atoms with Gasteiger partial charge in [0.05, 0.1) is 12.6 Å². The van der Waals surface area contributed by atoms with E-state index >= 15 is 0 Å². The zero-order valence-electron chi connectivity index (χ0n) is 10.5. The summed E-state index contributed by atoms with van der Waals surface area (Å²) >= 11 is 0. The van der Waals surface area contributed by atoms with Crippen LogP contribution in [0.1, 0.15) is 36.1 Å². The average molecular weight is 243 g/mol. The molecule has 1 fully saturated rings. The van der Waals surface area contributed by atoms with E-state index in [4.69, 9.17) is 0 Å². The van der Waals surface area contributed by atoms with E-state index in [0.717, 1.165) is 31.2 Å². The number of nitrogens with one attached hydrogen (secondary N) is 1. The van der Waals surface area contributed by atoms with Gasteiger partial charge < -0.3 is 9.88 Å². The predicted molar refractivity (Wildman–Crippen MR) is 68.1 cm³/mol. The van der Waals surface area contributed by atoms with Crippen molar-refractivity contribution in [2.75, 3.05) is 6.54 Å². The summed E-state index contributed by atoms with van der Waals surface area (Å²) in [4.78, 5) is 4.15. The Morgan fingerprint density at radius 1 is 1.44 bits per heavy atom. The van der Waals surface area contributed by atoms with Crippen molar-refractivity contribution >= 4 is 0 Å². The highest BCUT2D eigenvalue weighted by atomic mass is 15.3. The van der Waals surface area contributed by atoms with Gasteiger partial charge in [0.25, 0.3) is 0 Å². The van der Waals surface area contributed by atoms with Gasteiger partial charge in [0.2, 0.25) is 0 Å². The maximum atomic E-state index is 4.32. The molecule has 1 aliphatic rings. The Hall–Kier alpha value is -1.75. The lowest BCUT2D eigenvalue weighted by Crippen LogP contribution is -2.19. The number of aromatic nitrogens is 4. The summed E-state index contributed by atoms with van der Waals surface area (Å²) in [5.41, 5.74) is 1.18. The van der Waals surface area contributed by atoms with Crippen molar-refractivity contribution in [1.82, 2.24) is 25.1 Å². The van der Waals surface area contributed by atoms with E-state index in [9.17, 15) is 0 Å². The Balaban J connectivity index is 1.88. The normalized spacial score (nSPS) is 19.3. The summed E-state index contributed by atoms with van der Waals surface area (Å²) in [6, 6.07) is 4.39. The molecule has 0 saturated carbocycles. The van der Waals surface area contributed by atoms with E-state index in [1.54, 1.807) is 6.20 Å². The maximum absolute atomic E-state index is 4.32. The molecule has 3 heterocycles. The summed E-state index contributed by atoms with van der Waals surface area (Å²) in [7, 11) is 0. The molecule has 0 aromatic carbocycles. The van der Waals surface area contributed by atoms with E-state index in [1.165, 1.54) is 12.0 Å². The molecule has 2 aromatic heterocycles. The number of rotatable bonds is 3. The highest BCUT2D eigenvalue weighted by Crippen LogP contribution is 2.22. The van der Waals surface area contributed by atoms with Crippen LogP contribution in [-0.4, -0.2) is 26.3 Å². The van der Waals surface area contributed by atoms with Gasteiger partial charge in [-0.15, -0.1) is 10.2 Å². The van der Waals surface area contributed by atoms with Gasteiger partial charge >= 0.3 is 0 Å². The Morgan fingerprint density at radius 3 is 3.11 bits per heavy atom. The van der Waals surface area contributed by atoms with Crippen molar-refractivity contribution in [3.8, 4) is 0 Å². The van der Waals surface area contributed by atoms with Crippen molar-refractivity contribution < 1.29 is 0 Å². The fourth-order valence-electron chi connectivity index (χ4n) is 2.43. The van der Waals surface area contributed by atoms with Crippen LogP contribution >= 0.6 is 0 Å². The Bertz CT molecular complexity index is 513. The molecule has 18 heavy (non-hydrogen) atoms. The minimum absolute atomic E-state index is 0.350. The van der Waals surface area contributed by atoms with E-state index in [1.807, 2.05) is 19.2 Å². The standard InChI is InChI=1S/C13H17N5/c1-10-16-17-13(12-5-3-7-15-12)18(10)9-11-4-2-6-14-8-11/h2,4,6,8,12,15H,3,5,7,9H2,1H3. The third-order valence-electron chi connectivity index (χ3n) is 3.40. The minimum atomic E-state index is 0.350. The summed E-state index contributed by atoms with van der Waals surface area (Å²) < 4.78 is 2.18. The van der Waals surface area contributed by atoms with E-state index in [0.29, 0.717) is 6.04 Å². The lowest BCUT2D eigenvalue weighted by atomic mass is 10.2. The molecule has 5 nitrogen and oxygen atoms in total. The highest BCUT2D eigenvalue weighted by molar-refractivity contribution is 5.12. The monoisotopic (exact) mass is 243 g/mol. The van der Waals surface area contributed by atoms with Crippen molar-refractivity contribution in [3.05, 3.63) is 41.7 Å². The molecule has 0 bridgehead atoms. The second kappa shape index (κ2) is 4.86. The quantitative estimate of drug-likeness (QED) is 0.886. The molecule has 1 saturated heterocycles. The lowest BCUT2D eigenvalue weighted by molar-refractivity contribution is 0.560. The smallest absolute Gasteiger partial charge is 0.150 e. The van der Waals surface area contributed by atoms with Crippen LogP contribution in [0.25, 0.3) is 0 Å². The Kier molecular flexibility index (Phi) is 3.06. The SMILES string of the molecule is Cc1nnc(C2CCCN2)n1Cc1cccnc1. The van der Waals surface area contributed by atoms with Crippen molar-refractivity contribution in [2.24, 2.45) is 0 Å². The molecule has 0 amide bonds. The molecule has 1 unspecified atom stereocenters. The van der Waals surface area contributed by atoms with Gasteiger partial charge in [-0.2, -0.15) is 0 Å². The maximum Gasteiger partial charge on any atom is 0.150 e. The summed E-state index contributed by atoms with van der Waals surface area (Å²) in [5.74, 6) is 2.01. The summed E-state index contributed by atoms with van der Waals surface area (Å²) in [6.07, 6.45) is 6.04. The van der Waals surface area contributed by atoms with Gasteiger partial charge in [-0.1, -0.05) is 6.07 Å². The second-order valence-electron chi connectivity index (χ2n) is 4.70. The van der Waals surface area contributed by atoms with Crippen LogP contribution in [0.15, 0.2) is 24.5 Å². The number of hydrogen-bond acceptors (Lipinski definition) is 4.